The lowest BCUT2D eigenvalue weighted by molar-refractivity contribution is -0.120. The molecule has 0 aliphatic rings. The third-order valence-electron chi connectivity index (χ3n) is 3.43. The van der Waals surface area contributed by atoms with E-state index in [2.05, 4.69) is 31.0 Å². The summed E-state index contributed by atoms with van der Waals surface area (Å²) in [6.07, 6.45) is 1.88. The minimum Gasteiger partial charge on any atom is -0.441 e. The fraction of sp³-hybridized carbons (Fsp3) is 0.188. The van der Waals surface area contributed by atoms with Gasteiger partial charge in [0.2, 0.25) is 11.9 Å². The van der Waals surface area contributed by atoms with Crippen molar-refractivity contribution in [3.8, 4) is 11.3 Å². The Hall–Kier alpha value is -3.56. The molecule has 3 aromatic rings. The van der Waals surface area contributed by atoms with Gasteiger partial charge in [0.1, 0.15) is 11.5 Å². The van der Waals surface area contributed by atoms with Crippen molar-refractivity contribution < 1.29 is 13.6 Å². The van der Waals surface area contributed by atoms with Crippen molar-refractivity contribution >= 4 is 11.9 Å². The minimum absolute atomic E-state index is 0.0312. The molecule has 0 aliphatic heterocycles. The van der Waals surface area contributed by atoms with Crippen LogP contribution in [0.1, 0.15) is 18.0 Å². The van der Waals surface area contributed by atoms with Crippen molar-refractivity contribution in [1.82, 2.24) is 25.6 Å². The van der Waals surface area contributed by atoms with Crippen LogP contribution in [0.25, 0.3) is 11.3 Å². The Balaban J connectivity index is 1.51. The normalized spacial score (nSPS) is 10.5. The number of H-pyrrole nitrogens is 1. The van der Waals surface area contributed by atoms with E-state index in [4.69, 9.17) is 4.42 Å². The zero-order valence-electron chi connectivity index (χ0n) is 13.7. The second kappa shape index (κ2) is 7.55. The summed E-state index contributed by atoms with van der Waals surface area (Å²) >= 11 is 0. The van der Waals surface area contributed by atoms with Gasteiger partial charge in [0.05, 0.1) is 6.20 Å². The number of anilines is 1. The molecule has 9 nitrogen and oxygen atoms in total. The summed E-state index contributed by atoms with van der Waals surface area (Å²) in [7, 11) is 0. The van der Waals surface area contributed by atoms with E-state index in [0.717, 1.165) is 0 Å². The fourth-order valence-electron chi connectivity index (χ4n) is 2.03. The van der Waals surface area contributed by atoms with E-state index < -0.39 is 5.56 Å². The summed E-state index contributed by atoms with van der Waals surface area (Å²) in [6, 6.07) is 5.82. The van der Waals surface area contributed by atoms with Gasteiger partial charge < -0.3 is 4.42 Å². The molecule has 10 heteroatoms. The molecule has 3 rings (SSSR count). The molecule has 0 aliphatic carbocycles. The van der Waals surface area contributed by atoms with Gasteiger partial charge in [0.25, 0.3) is 5.56 Å². The Labute approximate surface area is 146 Å². The van der Waals surface area contributed by atoms with Crippen LogP contribution in [-0.4, -0.2) is 26.1 Å². The van der Waals surface area contributed by atoms with Gasteiger partial charge in [0, 0.05) is 18.4 Å². The van der Waals surface area contributed by atoms with Crippen LogP contribution in [0.4, 0.5) is 10.3 Å². The number of nitrogens with one attached hydrogen (secondary N) is 3. The number of hydrogen-bond acceptors (Lipinski definition) is 7. The standard InChI is InChI=1S/C16H15FN6O3/c1-9-15(25)19-16(22-20-9)23-21-13(24)6-7-14-18-8-12(26-14)10-2-4-11(17)5-3-10/h2-5,8H,6-7H2,1H3,(H,21,24)(H2,19,22,23,25). The Morgan fingerprint density at radius 3 is 2.77 bits per heavy atom. The average molecular weight is 358 g/mol. The van der Waals surface area contributed by atoms with Crippen molar-refractivity contribution in [2.45, 2.75) is 19.8 Å². The Morgan fingerprint density at radius 1 is 1.27 bits per heavy atom. The maximum atomic E-state index is 12.9. The molecule has 0 saturated heterocycles. The van der Waals surface area contributed by atoms with E-state index in [1.165, 1.54) is 25.3 Å². The highest BCUT2D eigenvalue weighted by atomic mass is 19.1. The van der Waals surface area contributed by atoms with Gasteiger partial charge in [-0.15, -0.1) is 10.2 Å². The zero-order chi connectivity index (χ0) is 18.5. The monoisotopic (exact) mass is 358 g/mol. The highest BCUT2D eigenvalue weighted by molar-refractivity contribution is 5.77. The van der Waals surface area contributed by atoms with Gasteiger partial charge in [-0.05, 0) is 31.2 Å². The molecule has 134 valence electrons. The van der Waals surface area contributed by atoms with Crippen LogP contribution in [0.3, 0.4) is 0 Å². The number of amides is 1. The Bertz CT molecular complexity index is 967. The zero-order valence-corrected chi connectivity index (χ0v) is 13.7. The molecular weight excluding hydrogens is 343 g/mol. The van der Waals surface area contributed by atoms with Crippen LogP contribution in [0, 0.1) is 12.7 Å². The van der Waals surface area contributed by atoms with E-state index in [1.807, 2.05) is 0 Å². The number of aromatic nitrogens is 4. The van der Waals surface area contributed by atoms with E-state index in [-0.39, 0.29) is 36.2 Å². The molecule has 1 amide bonds. The fourth-order valence-corrected chi connectivity index (χ4v) is 2.03. The summed E-state index contributed by atoms with van der Waals surface area (Å²) in [4.78, 5) is 29.7. The number of hydrazine groups is 1. The third kappa shape index (κ3) is 4.29. The first-order chi connectivity index (χ1) is 12.5. The quantitative estimate of drug-likeness (QED) is 0.568. The summed E-state index contributed by atoms with van der Waals surface area (Å²) in [5.41, 5.74) is 5.38. The Morgan fingerprint density at radius 2 is 2.04 bits per heavy atom. The molecule has 0 bridgehead atoms. The number of aromatic amines is 1. The number of oxazole rings is 1. The van der Waals surface area contributed by atoms with Crippen LogP contribution in [-0.2, 0) is 11.2 Å². The largest absolute Gasteiger partial charge is 0.441 e. The minimum atomic E-state index is -0.398. The molecule has 0 saturated carbocycles. The molecule has 3 N–H and O–H groups in total. The first-order valence-electron chi connectivity index (χ1n) is 7.70. The van der Waals surface area contributed by atoms with Gasteiger partial charge >= 0.3 is 0 Å². The van der Waals surface area contributed by atoms with Crippen molar-refractivity contribution in [1.29, 1.82) is 0 Å². The lowest BCUT2D eigenvalue weighted by atomic mass is 10.2. The summed E-state index contributed by atoms with van der Waals surface area (Å²) < 4.78 is 18.5. The SMILES string of the molecule is Cc1nnc(NNC(=O)CCc2ncc(-c3ccc(F)cc3)o2)[nH]c1=O. The smallest absolute Gasteiger partial charge is 0.274 e. The predicted octanol–water partition coefficient (Wildman–Crippen LogP) is 1.34. The third-order valence-corrected chi connectivity index (χ3v) is 3.43. The number of hydrogen-bond donors (Lipinski definition) is 3. The van der Waals surface area contributed by atoms with E-state index in [1.54, 1.807) is 12.1 Å². The molecule has 0 radical (unpaired) electrons. The summed E-state index contributed by atoms with van der Waals surface area (Å²) in [6.45, 7) is 1.52. The van der Waals surface area contributed by atoms with E-state index >= 15 is 0 Å². The van der Waals surface area contributed by atoms with Crippen LogP contribution in [0.5, 0.6) is 0 Å². The van der Waals surface area contributed by atoms with Crippen LogP contribution < -0.4 is 16.4 Å². The highest BCUT2D eigenvalue weighted by Crippen LogP contribution is 2.21. The Kier molecular flexibility index (Phi) is 5.02. The van der Waals surface area contributed by atoms with Gasteiger partial charge in [-0.2, -0.15) is 0 Å². The van der Waals surface area contributed by atoms with Crippen molar-refractivity contribution in [3.05, 3.63) is 58.2 Å². The predicted molar refractivity (Wildman–Crippen MR) is 89.4 cm³/mol. The van der Waals surface area contributed by atoms with Crippen molar-refractivity contribution in [2.75, 3.05) is 5.43 Å². The molecule has 2 aromatic heterocycles. The first-order valence-corrected chi connectivity index (χ1v) is 7.70. The van der Waals surface area contributed by atoms with Gasteiger partial charge in [0.15, 0.2) is 11.7 Å². The summed E-state index contributed by atoms with van der Waals surface area (Å²) in [5, 5.41) is 7.31. The first kappa shape index (κ1) is 17.3. The number of rotatable bonds is 6. The van der Waals surface area contributed by atoms with Gasteiger partial charge in [-0.1, -0.05) is 0 Å². The van der Waals surface area contributed by atoms with E-state index in [9.17, 15) is 14.0 Å². The number of benzene rings is 1. The second-order valence-electron chi connectivity index (χ2n) is 5.39. The molecule has 0 spiro atoms. The molecule has 0 atom stereocenters. The molecule has 1 aromatic carbocycles. The molecule has 0 unspecified atom stereocenters. The second-order valence-corrected chi connectivity index (χ2v) is 5.39. The highest BCUT2D eigenvalue weighted by Gasteiger charge is 2.09. The summed E-state index contributed by atoms with van der Waals surface area (Å²) in [5.74, 6) is 0.213. The molecule has 0 fully saturated rings. The topological polar surface area (TPSA) is 126 Å². The molecule has 2 heterocycles. The van der Waals surface area contributed by atoms with Gasteiger partial charge in [-0.25, -0.2) is 9.37 Å². The lowest BCUT2D eigenvalue weighted by Crippen LogP contribution is -2.32. The van der Waals surface area contributed by atoms with Gasteiger partial charge in [-0.3, -0.25) is 25.4 Å². The average Bonchev–Trinajstić information content (AvgIpc) is 3.10. The number of nitrogens with zero attached hydrogens (tertiary/aromatic N) is 3. The number of aryl methyl sites for hydroxylation is 2. The van der Waals surface area contributed by atoms with Crippen molar-refractivity contribution in [3.63, 3.8) is 0 Å². The number of carbonyl (C=O) groups excluding carboxylic acids is 1. The van der Waals surface area contributed by atoms with E-state index in [0.29, 0.717) is 17.2 Å². The molecular formula is C16H15FN6O3. The van der Waals surface area contributed by atoms with Crippen molar-refractivity contribution in [2.24, 2.45) is 0 Å². The number of halogens is 1. The van der Waals surface area contributed by atoms with Crippen LogP contribution >= 0.6 is 0 Å². The number of carbonyl (C=O) groups is 1. The van der Waals surface area contributed by atoms with Crippen LogP contribution in [0.15, 0.2) is 39.7 Å². The van der Waals surface area contributed by atoms with Crippen LogP contribution in [0.2, 0.25) is 0 Å². The maximum absolute atomic E-state index is 12.9. The maximum Gasteiger partial charge on any atom is 0.274 e. The lowest BCUT2D eigenvalue weighted by Gasteiger charge is -2.06. The molecule has 26 heavy (non-hydrogen) atoms.